The third kappa shape index (κ3) is 2.00. The van der Waals surface area contributed by atoms with Gasteiger partial charge in [0.15, 0.2) is 0 Å². The van der Waals surface area contributed by atoms with Crippen molar-refractivity contribution in [2.24, 2.45) is 5.92 Å². The molecule has 0 heterocycles. The molecule has 1 fully saturated rings. The highest BCUT2D eigenvalue weighted by Gasteiger charge is 2.28. The Balaban J connectivity index is 2.24. The molecule has 0 aromatic heterocycles. The Morgan fingerprint density at radius 1 is 1.33 bits per heavy atom. The van der Waals surface area contributed by atoms with Crippen LogP contribution in [0.3, 0.4) is 0 Å². The number of hydrogen-bond acceptors (Lipinski definition) is 2. The minimum atomic E-state index is 0.454. The van der Waals surface area contributed by atoms with Crippen molar-refractivity contribution in [3.05, 3.63) is 29.8 Å². The minimum absolute atomic E-state index is 0.454. The van der Waals surface area contributed by atoms with Crippen LogP contribution in [0.1, 0.15) is 30.9 Å². The Labute approximate surface area is 91.6 Å². The Hall–Kier alpha value is -1.02. The molecule has 1 aliphatic rings. The van der Waals surface area contributed by atoms with Gasteiger partial charge in [-0.2, -0.15) is 0 Å². The molecule has 1 atom stereocenters. The summed E-state index contributed by atoms with van der Waals surface area (Å²) in [5.41, 5.74) is 1.30. The second kappa shape index (κ2) is 4.67. The fourth-order valence-electron chi connectivity index (χ4n) is 2.34. The smallest absolute Gasteiger partial charge is 0.123 e. The van der Waals surface area contributed by atoms with Gasteiger partial charge in [0.05, 0.1) is 7.11 Å². The van der Waals surface area contributed by atoms with Crippen LogP contribution in [0.5, 0.6) is 5.75 Å². The summed E-state index contributed by atoms with van der Waals surface area (Å²) in [6.45, 7) is 0. The zero-order valence-corrected chi connectivity index (χ0v) is 9.49. The zero-order chi connectivity index (χ0) is 10.7. The van der Waals surface area contributed by atoms with E-state index >= 15 is 0 Å². The van der Waals surface area contributed by atoms with E-state index < -0.39 is 0 Å². The normalized spacial score (nSPS) is 18.3. The molecule has 0 radical (unpaired) electrons. The second-order valence-corrected chi connectivity index (χ2v) is 4.20. The van der Waals surface area contributed by atoms with Crippen molar-refractivity contribution < 1.29 is 4.74 Å². The molecule has 1 aliphatic carbocycles. The standard InChI is InChI=1S/C13H19NO/c1-14-13(10-6-5-7-10)11-8-3-4-9-12(11)15-2/h3-4,8-10,13-14H,5-7H2,1-2H3. The number of benzene rings is 1. The van der Waals surface area contributed by atoms with Gasteiger partial charge in [0.2, 0.25) is 0 Å². The van der Waals surface area contributed by atoms with Crippen LogP contribution >= 0.6 is 0 Å². The number of rotatable bonds is 4. The van der Waals surface area contributed by atoms with Crippen molar-refractivity contribution in [2.45, 2.75) is 25.3 Å². The van der Waals surface area contributed by atoms with E-state index in [4.69, 9.17) is 4.74 Å². The van der Waals surface area contributed by atoms with Gasteiger partial charge < -0.3 is 10.1 Å². The Bertz CT molecular complexity index is 320. The van der Waals surface area contributed by atoms with Crippen LogP contribution in [0, 0.1) is 5.92 Å². The van der Waals surface area contributed by atoms with E-state index in [1.54, 1.807) is 7.11 Å². The summed E-state index contributed by atoms with van der Waals surface area (Å²) < 4.78 is 5.41. The zero-order valence-electron chi connectivity index (χ0n) is 9.49. The Morgan fingerprint density at radius 2 is 2.07 bits per heavy atom. The van der Waals surface area contributed by atoms with Crippen LogP contribution in [-0.4, -0.2) is 14.2 Å². The predicted molar refractivity (Wildman–Crippen MR) is 62.1 cm³/mol. The van der Waals surface area contributed by atoms with Crippen molar-refractivity contribution in [3.8, 4) is 5.75 Å². The molecule has 1 N–H and O–H groups in total. The van der Waals surface area contributed by atoms with Gasteiger partial charge in [-0.3, -0.25) is 0 Å². The maximum absolute atomic E-state index is 5.41. The predicted octanol–water partition coefficient (Wildman–Crippen LogP) is 2.76. The summed E-state index contributed by atoms with van der Waals surface area (Å²) in [7, 11) is 3.78. The first-order valence-corrected chi connectivity index (χ1v) is 5.67. The van der Waals surface area contributed by atoms with Crippen LogP contribution in [0.15, 0.2) is 24.3 Å². The lowest BCUT2D eigenvalue weighted by molar-refractivity contribution is 0.235. The lowest BCUT2D eigenvalue weighted by Crippen LogP contribution is -2.30. The molecule has 2 rings (SSSR count). The average molecular weight is 205 g/mol. The lowest BCUT2D eigenvalue weighted by Gasteiger charge is -2.34. The van der Waals surface area contributed by atoms with E-state index in [1.807, 2.05) is 19.2 Å². The van der Waals surface area contributed by atoms with Gasteiger partial charge in [-0.1, -0.05) is 24.6 Å². The van der Waals surface area contributed by atoms with Crippen LogP contribution in [0.25, 0.3) is 0 Å². The minimum Gasteiger partial charge on any atom is -0.496 e. The number of ether oxygens (including phenoxy) is 1. The van der Waals surface area contributed by atoms with Crippen molar-refractivity contribution in [3.63, 3.8) is 0 Å². The van der Waals surface area contributed by atoms with E-state index in [2.05, 4.69) is 17.4 Å². The molecule has 0 bridgehead atoms. The summed E-state index contributed by atoms with van der Waals surface area (Å²) in [5.74, 6) is 1.79. The summed E-state index contributed by atoms with van der Waals surface area (Å²) in [4.78, 5) is 0. The van der Waals surface area contributed by atoms with Gasteiger partial charge >= 0.3 is 0 Å². The second-order valence-electron chi connectivity index (χ2n) is 4.20. The largest absolute Gasteiger partial charge is 0.496 e. The highest BCUT2D eigenvalue weighted by atomic mass is 16.5. The van der Waals surface area contributed by atoms with Crippen molar-refractivity contribution in [1.29, 1.82) is 0 Å². The molecular formula is C13H19NO. The number of nitrogens with one attached hydrogen (secondary N) is 1. The van der Waals surface area contributed by atoms with Gasteiger partial charge in [-0.05, 0) is 31.9 Å². The maximum atomic E-state index is 5.41. The fraction of sp³-hybridized carbons (Fsp3) is 0.538. The molecule has 0 aliphatic heterocycles. The number of para-hydroxylation sites is 1. The summed E-state index contributed by atoms with van der Waals surface area (Å²) >= 11 is 0. The summed E-state index contributed by atoms with van der Waals surface area (Å²) in [6.07, 6.45) is 4.05. The topological polar surface area (TPSA) is 21.3 Å². The molecule has 1 aromatic rings. The first kappa shape index (κ1) is 10.5. The first-order valence-electron chi connectivity index (χ1n) is 5.67. The van der Waals surface area contributed by atoms with E-state index in [9.17, 15) is 0 Å². The van der Waals surface area contributed by atoms with Crippen molar-refractivity contribution in [2.75, 3.05) is 14.2 Å². The van der Waals surface area contributed by atoms with Crippen molar-refractivity contribution >= 4 is 0 Å². The van der Waals surface area contributed by atoms with Gasteiger partial charge in [0.1, 0.15) is 5.75 Å². The Morgan fingerprint density at radius 3 is 2.60 bits per heavy atom. The first-order chi connectivity index (χ1) is 7.36. The highest BCUT2D eigenvalue weighted by molar-refractivity contribution is 5.36. The molecule has 1 saturated carbocycles. The average Bonchev–Trinajstić information content (AvgIpc) is 2.23. The SMILES string of the molecule is CNC(c1ccccc1OC)C1CCC1. The van der Waals surface area contributed by atoms with E-state index in [0.717, 1.165) is 11.7 Å². The molecule has 15 heavy (non-hydrogen) atoms. The number of methoxy groups -OCH3 is 1. The van der Waals surface area contributed by atoms with Crippen LogP contribution < -0.4 is 10.1 Å². The van der Waals surface area contributed by atoms with Gasteiger partial charge in [-0.25, -0.2) is 0 Å². The van der Waals surface area contributed by atoms with E-state index in [1.165, 1.54) is 24.8 Å². The lowest BCUT2D eigenvalue weighted by atomic mass is 9.77. The maximum Gasteiger partial charge on any atom is 0.123 e. The molecule has 0 spiro atoms. The summed E-state index contributed by atoms with van der Waals surface area (Å²) in [5, 5.41) is 3.42. The van der Waals surface area contributed by atoms with Crippen LogP contribution in [0.2, 0.25) is 0 Å². The van der Waals surface area contributed by atoms with Gasteiger partial charge in [-0.15, -0.1) is 0 Å². The molecular weight excluding hydrogens is 186 g/mol. The number of hydrogen-bond donors (Lipinski definition) is 1. The highest BCUT2D eigenvalue weighted by Crippen LogP contribution is 2.40. The molecule has 2 heteroatoms. The van der Waals surface area contributed by atoms with Gasteiger partial charge in [0, 0.05) is 11.6 Å². The fourth-order valence-corrected chi connectivity index (χ4v) is 2.34. The van der Waals surface area contributed by atoms with Gasteiger partial charge in [0.25, 0.3) is 0 Å². The molecule has 0 saturated heterocycles. The molecule has 1 aromatic carbocycles. The van der Waals surface area contributed by atoms with E-state index in [-0.39, 0.29) is 0 Å². The van der Waals surface area contributed by atoms with Crippen LogP contribution in [0.4, 0.5) is 0 Å². The quantitative estimate of drug-likeness (QED) is 0.816. The summed E-state index contributed by atoms with van der Waals surface area (Å²) in [6, 6.07) is 8.77. The van der Waals surface area contributed by atoms with Crippen molar-refractivity contribution in [1.82, 2.24) is 5.32 Å². The molecule has 82 valence electrons. The Kier molecular flexibility index (Phi) is 3.27. The molecule has 2 nitrogen and oxygen atoms in total. The molecule has 1 unspecified atom stereocenters. The van der Waals surface area contributed by atoms with E-state index in [0.29, 0.717) is 6.04 Å². The third-order valence-corrected chi connectivity index (χ3v) is 3.41. The molecule has 0 amide bonds. The third-order valence-electron chi connectivity index (χ3n) is 3.41. The monoisotopic (exact) mass is 205 g/mol. The van der Waals surface area contributed by atoms with Crippen LogP contribution in [-0.2, 0) is 0 Å².